The fourth-order valence-electron chi connectivity index (χ4n) is 1.71. The number of nitrogens with one attached hydrogen (secondary N) is 2. The van der Waals surface area contributed by atoms with Gasteiger partial charge in [0.05, 0.1) is 17.8 Å². The molecule has 1 aromatic carbocycles. The van der Waals surface area contributed by atoms with Crippen LogP contribution in [0, 0.1) is 0 Å². The number of nitrogens with zero attached hydrogens (tertiary/aromatic N) is 1. The van der Waals surface area contributed by atoms with Gasteiger partial charge in [-0.2, -0.15) is 0 Å². The number of rotatable bonds is 5. The Morgan fingerprint density at radius 3 is 2.52 bits per heavy atom. The molecule has 2 aromatic rings. The van der Waals surface area contributed by atoms with Gasteiger partial charge in [-0.25, -0.2) is 4.79 Å². The molecule has 1 aromatic heterocycles. The van der Waals surface area contributed by atoms with Crippen LogP contribution in [0.1, 0.15) is 20.8 Å². The lowest BCUT2D eigenvalue weighted by atomic mass is 10.2. The summed E-state index contributed by atoms with van der Waals surface area (Å²) in [6, 6.07) is 8.33. The molecule has 0 spiro atoms. The minimum Gasteiger partial charge on any atom is -0.506 e. The summed E-state index contributed by atoms with van der Waals surface area (Å²) >= 11 is 0. The zero-order valence-electron chi connectivity index (χ0n) is 11.8. The van der Waals surface area contributed by atoms with Crippen molar-refractivity contribution in [2.45, 2.75) is 0 Å². The first-order chi connectivity index (χ1) is 11.0. The maximum absolute atomic E-state index is 11.7. The first-order valence-electron chi connectivity index (χ1n) is 6.53. The van der Waals surface area contributed by atoms with E-state index in [-0.39, 0.29) is 29.2 Å². The van der Waals surface area contributed by atoms with Crippen molar-refractivity contribution in [3.8, 4) is 5.75 Å². The Bertz CT molecular complexity index is 746. The van der Waals surface area contributed by atoms with Crippen molar-refractivity contribution >= 4 is 23.5 Å². The van der Waals surface area contributed by atoms with Gasteiger partial charge in [0.15, 0.2) is 0 Å². The predicted molar refractivity (Wildman–Crippen MR) is 80.3 cm³/mol. The van der Waals surface area contributed by atoms with Gasteiger partial charge in [-0.15, -0.1) is 0 Å². The van der Waals surface area contributed by atoms with Crippen LogP contribution in [0.15, 0.2) is 42.6 Å². The molecule has 0 saturated heterocycles. The van der Waals surface area contributed by atoms with E-state index in [9.17, 15) is 19.5 Å². The van der Waals surface area contributed by atoms with Crippen LogP contribution in [0.4, 0.5) is 5.69 Å². The summed E-state index contributed by atoms with van der Waals surface area (Å²) in [5.74, 6) is -2.66. The summed E-state index contributed by atoms with van der Waals surface area (Å²) < 4.78 is 0. The smallest absolute Gasteiger partial charge is 0.335 e. The van der Waals surface area contributed by atoms with Crippen molar-refractivity contribution in [1.82, 2.24) is 10.3 Å². The Balaban J connectivity index is 1.92. The Kier molecular flexibility index (Phi) is 4.88. The molecule has 8 nitrogen and oxygen atoms in total. The number of carbonyl (C=O) groups is 3. The highest BCUT2D eigenvalue weighted by atomic mass is 16.4. The molecule has 1 heterocycles. The third-order valence-electron chi connectivity index (χ3n) is 2.83. The molecule has 0 aliphatic carbocycles. The Morgan fingerprint density at radius 2 is 1.91 bits per heavy atom. The number of aromatic carboxylic acids is 1. The van der Waals surface area contributed by atoms with Gasteiger partial charge < -0.3 is 20.8 Å². The maximum Gasteiger partial charge on any atom is 0.335 e. The number of benzene rings is 1. The highest BCUT2D eigenvalue weighted by Gasteiger charge is 2.12. The summed E-state index contributed by atoms with van der Waals surface area (Å²) in [7, 11) is 0. The van der Waals surface area contributed by atoms with Crippen LogP contribution >= 0.6 is 0 Å². The SMILES string of the molecule is O=C(CNC(=O)c1ccccn1)Nc1ccc(C(=O)O)cc1O. The lowest BCUT2D eigenvalue weighted by Gasteiger charge is -2.08. The van der Waals surface area contributed by atoms with E-state index in [1.54, 1.807) is 12.1 Å². The van der Waals surface area contributed by atoms with E-state index in [4.69, 9.17) is 5.11 Å². The quantitative estimate of drug-likeness (QED) is 0.606. The van der Waals surface area contributed by atoms with Crippen molar-refractivity contribution < 1.29 is 24.6 Å². The number of phenols is 1. The molecule has 23 heavy (non-hydrogen) atoms. The van der Waals surface area contributed by atoms with E-state index in [2.05, 4.69) is 15.6 Å². The Morgan fingerprint density at radius 1 is 1.13 bits per heavy atom. The Labute approximate surface area is 130 Å². The molecule has 0 aliphatic heterocycles. The second kappa shape index (κ2) is 7.03. The molecule has 2 rings (SSSR count). The fraction of sp³-hybridized carbons (Fsp3) is 0.0667. The summed E-state index contributed by atoms with van der Waals surface area (Å²) in [4.78, 5) is 38.1. The molecule has 118 valence electrons. The lowest BCUT2D eigenvalue weighted by Crippen LogP contribution is -2.33. The van der Waals surface area contributed by atoms with Crippen molar-refractivity contribution in [1.29, 1.82) is 0 Å². The second-order valence-electron chi connectivity index (χ2n) is 4.48. The topological polar surface area (TPSA) is 129 Å². The summed E-state index contributed by atoms with van der Waals surface area (Å²) in [5, 5.41) is 23.2. The highest BCUT2D eigenvalue weighted by Crippen LogP contribution is 2.24. The number of carboxylic acids is 1. The Hall–Kier alpha value is -3.42. The van der Waals surface area contributed by atoms with E-state index in [0.717, 1.165) is 6.07 Å². The molecule has 0 radical (unpaired) electrons. The molecular formula is C15H13N3O5. The summed E-state index contributed by atoms with van der Waals surface area (Å²) in [5.41, 5.74) is 0.116. The molecule has 8 heteroatoms. The van der Waals surface area contributed by atoms with Crippen LogP contribution in [0.2, 0.25) is 0 Å². The number of aromatic hydroxyl groups is 1. The standard InChI is InChI=1S/C15H13N3O5/c19-12-7-9(15(22)23)4-5-10(12)18-13(20)8-17-14(21)11-3-1-2-6-16-11/h1-7,19H,8H2,(H,17,21)(H,18,20)(H,22,23). The normalized spacial score (nSPS) is 9.91. The number of amides is 2. The van der Waals surface area contributed by atoms with Gasteiger partial charge in [-0.3, -0.25) is 14.6 Å². The van der Waals surface area contributed by atoms with Crippen molar-refractivity contribution in [3.63, 3.8) is 0 Å². The zero-order valence-corrected chi connectivity index (χ0v) is 11.8. The van der Waals surface area contributed by atoms with Gasteiger partial charge in [-0.05, 0) is 30.3 Å². The maximum atomic E-state index is 11.7. The van der Waals surface area contributed by atoms with Gasteiger partial charge in [0.25, 0.3) is 5.91 Å². The third kappa shape index (κ3) is 4.27. The first-order valence-corrected chi connectivity index (χ1v) is 6.53. The molecule has 0 atom stereocenters. The number of carbonyl (C=O) groups excluding carboxylic acids is 2. The van der Waals surface area contributed by atoms with Crippen LogP contribution in [0.5, 0.6) is 5.75 Å². The van der Waals surface area contributed by atoms with Gasteiger partial charge in [0.1, 0.15) is 11.4 Å². The van der Waals surface area contributed by atoms with E-state index in [1.165, 1.54) is 24.4 Å². The number of carboxylic acid groups (broad SMARTS) is 1. The molecular weight excluding hydrogens is 302 g/mol. The van der Waals surface area contributed by atoms with Crippen LogP contribution in [0.3, 0.4) is 0 Å². The largest absolute Gasteiger partial charge is 0.506 e. The first kappa shape index (κ1) is 16.0. The average Bonchev–Trinajstić information content (AvgIpc) is 2.55. The second-order valence-corrected chi connectivity index (χ2v) is 4.48. The van der Waals surface area contributed by atoms with Crippen molar-refractivity contribution in [2.75, 3.05) is 11.9 Å². The monoisotopic (exact) mass is 315 g/mol. The number of hydrogen-bond acceptors (Lipinski definition) is 5. The van der Waals surface area contributed by atoms with Crippen LogP contribution in [-0.2, 0) is 4.79 Å². The molecule has 0 aliphatic rings. The van der Waals surface area contributed by atoms with Gasteiger partial charge in [0, 0.05) is 6.20 Å². The molecule has 0 unspecified atom stereocenters. The number of aromatic nitrogens is 1. The highest BCUT2D eigenvalue weighted by molar-refractivity contribution is 5.99. The van der Waals surface area contributed by atoms with Crippen molar-refractivity contribution in [2.24, 2.45) is 0 Å². The molecule has 0 saturated carbocycles. The van der Waals surface area contributed by atoms with Gasteiger partial charge >= 0.3 is 5.97 Å². The fourth-order valence-corrected chi connectivity index (χ4v) is 1.71. The average molecular weight is 315 g/mol. The summed E-state index contributed by atoms with van der Waals surface area (Å²) in [6.07, 6.45) is 1.46. The van der Waals surface area contributed by atoms with Crippen LogP contribution in [0.25, 0.3) is 0 Å². The minimum absolute atomic E-state index is 0.0482. The zero-order chi connectivity index (χ0) is 16.8. The van der Waals surface area contributed by atoms with Gasteiger partial charge in [-0.1, -0.05) is 6.07 Å². The minimum atomic E-state index is -1.19. The van der Waals surface area contributed by atoms with Crippen LogP contribution in [-0.4, -0.2) is 39.5 Å². The van der Waals surface area contributed by atoms with E-state index in [1.807, 2.05) is 0 Å². The predicted octanol–water partition coefficient (Wildman–Crippen LogP) is 0.854. The number of hydrogen-bond donors (Lipinski definition) is 4. The van der Waals surface area contributed by atoms with E-state index >= 15 is 0 Å². The third-order valence-corrected chi connectivity index (χ3v) is 2.83. The number of phenolic OH excluding ortho intramolecular Hbond substituents is 1. The molecule has 2 amide bonds. The van der Waals surface area contributed by atoms with E-state index < -0.39 is 17.8 Å². The lowest BCUT2D eigenvalue weighted by molar-refractivity contribution is -0.115. The van der Waals surface area contributed by atoms with E-state index in [0.29, 0.717) is 0 Å². The van der Waals surface area contributed by atoms with Gasteiger partial charge in [0.2, 0.25) is 5.91 Å². The van der Waals surface area contributed by atoms with Crippen molar-refractivity contribution in [3.05, 3.63) is 53.9 Å². The summed E-state index contributed by atoms with van der Waals surface area (Å²) in [6.45, 7) is -0.324. The number of pyridine rings is 1. The van der Waals surface area contributed by atoms with Crippen LogP contribution < -0.4 is 10.6 Å². The molecule has 0 fully saturated rings. The molecule has 0 bridgehead atoms. The molecule has 4 N–H and O–H groups in total. The number of anilines is 1.